The van der Waals surface area contributed by atoms with Crippen LogP contribution in [-0.4, -0.2) is 36.2 Å². The number of aryl methyl sites for hydroxylation is 2. The molecule has 1 N–H and O–H groups in total. The minimum absolute atomic E-state index is 0.143. The maximum atomic E-state index is 12.6. The number of nitrogens with one attached hydrogen (secondary N) is 1. The number of thioether (sulfide) groups is 1. The molecular weight excluding hydrogens is 460 g/mol. The standard InChI is InChI=1S/C23H23ClN6O2S/c1-15-22(16(2)29(3)28-15)25-21(31)14-33-23-27-26-20(30(23)17-9-5-4-6-10-17)13-32-19-12-8-7-11-18(19)24/h4-12H,13-14H2,1-3H3,(H,25,31). The predicted octanol–water partition coefficient (Wildman–Crippen LogP) is 4.58. The van der Waals surface area contributed by atoms with E-state index in [9.17, 15) is 4.79 Å². The maximum Gasteiger partial charge on any atom is 0.234 e. The fraction of sp³-hybridized carbons (Fsp3) is 0.217. The number of aromatic nitrogens is 5. The van der Waals surface area contributed by atoms with Gasteiger partial charge in [-0.1, -0.05) is 53.7 Å². The minimum atomic E-state index is -0.143. The van der Waals surface area contributed by atoms with Crippen molar-refractivity contribution < 1.29 is 9.53 Å². The summed E-state index contributed by atoms with van der Waals surface area (Å²) in [6.07, 6.45) is 0. The Bertz CT molecular complexity index is 1270. The number of benzene rings is 2. The molecule has 4 aromatic rings. The topological polar surface area (TPSA) is 86.9 Å². The number of rotatable bonds is 8. The van der Waals surface area contributed by atoms with Crippen molar-refractivity contribution in [3.63, 3.8) is 0 Å². The molecule has 2 heterocycles. The Morgan fingerprint density at radius 2 is 1.82 bits per heavy atom. The second-order valence-corrected chi connectivity index (χ2v) is 8.64. The molecule has 0 bridgehead atoms. The number of nitrogens with zero attached hydrogens (tertiary/aromatic N) is 5. The highest BCUT2D eigenvalue weighted by atomic mass is 35.5. The largest absolute Gasteiger partial charge is 0.484 e. The van der Waals surface area contributed by atoms with Gasteiger partial charge in [0.25, 0.3) is 0 Å². The maximum absolute atomic E-state index is 12.6. The summed E-state index contributed by atoms with van der Waals surface area (Å²) in [6.45, 7) is 3.96. The summed E-state index contributed by atoms with van der Waals surface area (Å²) in [4.78, 5) is 12.6. The number of ether oxygens (including phenoxy) is 1. The number of carbonyl (C=O) groups is 1. The SMILES string of the molecule is Cc1nn(C)c(C)c1NC(=O)CSc1nnc(COc2ccccc2Cl)n1-c1ccccc1. The highest BCUT2D eigenvalue weighted by Gasteiger charge is 2.18. The van der Waals surface area contributed by atoms with Crippen LogP contribution in [0.3, 0.4) is 0 Å². The van der Waals surface area contributed by atoms with Crippen LogP contribution in [0.5, 0.6) is 5.75 Å². The first-order valence-corrected chi connectivity index (χ1v) is 11.6. The van der Waals surface area contributed by atoms with E-state index in [1.54, 1.807) is 16.8 Å². The molecular formula is C23H23ClN6O2S. The van der Waals surface area contributed by atoms with Crippen LogP contribution in [0.1, 0.15) is 17.2 Å². The fourth-order valence-electron chi connectivity index (χ4n) is 3.29. The van der Waals surface area contributed by atoms with Crippen LogP contribution < -0.4 is 10.1 Å². The molecule has 4 rings (SSSR count). The molecule has 170 valence electrons. The first-order valence-electron chi connectivity index (χ1n) is 10.2. The summed E-state index contributed by atoms with van der Waals surface area (Å²) in [7, 11) is 1.85. The van der Waals surface area contributed by atoms with E-state index in [-0.39, 0.29) is 18.3 Å². The Balaban J connectivity index is 1.51. The van der Waals surface area contributed by atoms with Crippen molar-refractivity contribution in [2.24, 2.45) is 7.05 Å². The van der Waals surface area contributed by atoms with E-state index in [2.05, 4.69) is 20.6 Å². The average Bonchev–Trinajstić information content (AvgIpc) is 3.33. The van der Waals surface area contributed by atoms with Gasteiger partial charge in [0.1, 0.15) is 12.4 Å². The lowest BCUT2D eigenvalue weighted by Gasteiger charge is -2.12. The molecule has 0 saturated carbocycles. The smallest absolute Gasteiger partial charge is 0.234 e. The zero-order valence-electron chi connectivity index (χ0n) is 18.4. The van der Waals surface area contributed by atoms with Gasteiger partial charge in [0.15, 0.2) is 11.0 Å². The molecule has 1 amide bonds. The number of halogens is 1. The van der Waals surface area contributed by atoms with Crippen LogP contribution in [0.15, 0.2) is 59.8 Å². The van der Waals surface area contributed by atoms with Crippen LogP contribution in [-0.2, 0) is 18.4 Å². The van der Waals surface area contributed by atoms with Crippen molar-refractivity contribution in [2.45, 2.75) is 25.6 Å². The van der Waals surface area contributed by atoms with E-state index in [1.807, 2.05) is 67.9 Å². The van der Waals surface area contributed by atoms with Crippen LogP contribution in [0.25, 0.3) is 5.69 Å². The number of amides is 1. The third-order valence-corrected chi connectivity index (χ3v) is 6.26. The van der Waals surface area contributed by atoms with E-state index in [1.165, 1.54) is 11.8 Å². The second-order valence-electron chi connectivity index (χ2n) is 7.30. The molecule has 0 saturated heterocycles. The van der Waals surface area contributed by atoms with Crippen molar-refractivity contribution in [2.75, 3.05) is 11.1 Å². The van der Waals surface area contributed by atoms with Gasteiger partial charge in [0, 0.05) is 12.7 Å². The zero-order valence-corrected chi connectivity index (χ0v) is 20.0. The molecule has 33 heavy (non-hydrogen) atoms. The third kappa shape index (κ3) is 5.20. The van der Waals surface area contributed by atoms with Crippen LogP contribution in [0, 0.1) is 13.8 Å². The van der Waals surface area contributed by atoms with Gasteiger partial charge in [-0.25, -0.2) is 0 Å². The van der Waals surface area contributed by atoms with Gasteiger partial charge < -0.3 is 10.1 Å². The Labute approximate surface area is 200 Å². The van der Waals surface area contributed by atoms with Gasteiger partial charge >= 0.3 is 0 Å². The Hall–Kier alpha value is -3.30. The molecule has 10 heteroatoms. The van der Waals surface area contributed by atoms with Gasteiger partial charge in [0.2, 0.25) is 5.91 Å². The second kappa shape index (κ2) is 10.1. The minimum Gasteiger partial charge on any atom is -0.484 e. The Kier molecular flexibility index (Phi) is 7.00. The summed E-state index contributed by atoms with van der Waals surface area (Å²) in [6, 6.07) is 17.0. The highest BCUT2D eigenvalue weighted by Crippen LogP contribution is 2.27. The summed E-state index contributed by atoms with van der Waals surface area (Å²) in [5.74, 6) is 1.20. The highest BCUT2D eigenvalue weighted by molar-refractivity contribution is 7.99. The molecule has 2 aromatic heterocycles. The van der Waals surface area contributed by atoms with Gasteiger partial charge in [0.05, 0.1) is 27.9 Å². The molecule has 0 aliphatic carbocycles. The summed E-state index contributed by atoms with van der Waals surface area (Å²) in [5, 5.41) is 17.0. The van der Waals surface area contributed by atoms with Crippen molar-refractivity contribution in [3.8, 4) is 11.4 Å². The summed E-state index contributed by atoms with van der Waals surface area (Å²) >= 11 is 7.51. The van der Waals surface area contributed by atoms with Gasteiger partial charge in [-0.05, 0) is 38.1 Å². The van der Waals surface area contributed by atoms with E-state index in [0.717, 1.165) is 22.8 Å². The van der Waals surface area contributed by atoms with Crippen molar-refractivity contribution in [1.29, 1.82) is 0 Å². The molecule has 2 aromatic carbocycles. The molecule has 0 aliphatic rings. The molecule has 8 nitrogen and oxygen atoms in total. The van der Waals surface area contributed by atoms with Crippen LogP contribution in [0.2, 0.25) is 5.02 Å². The lowest BCUT2D eigenvalue weighted by Crippen LogP contribution is -2.16. The van der Waals surface area contributed by atoms with Gasteiger partial charge in [-0.3, -0.25) is 14.0 Å². The van der Waals surface area contributed by atoms with Gasteiger partial charge in [-0.15, -0.1) is 10.2 Å². The quantitative estimate of drug-likeness (QED) is 0.370. The monoisotopic (exact) mass is 482 g/mol. The molecule has 0 unspecified atom stereocenters. The lowest BCUT2D eigenvalue weighted by atomic mass is 10.3. The Morgan fingerprint density at radius 3 is 2.52 bits per heavy atom. The molecule has 0 spiro atoms. The normalized spacial score (nSPS) is 10.9. The first kappa shape index (κ1) is 22.9. The number of hydrogen-bond donors (Lipinski definition) is 1. The van der Waals surface area contributed by atoms with E-state index in [4.69, 9.17) is 16.3 Å². The van der Waals surface area contributed by atoms with Crippen molar-refractivity contribution in [1.82, 2.24) is 24.5 Å². The van der Waals surface area contributed by atoms with Crippen LogP contribution >= 0.6 is 23.4 Å². The van der Waals surface area contributed by atoms with Gasteiger partial charge in [-0.2, -0.15) is 5.10 Å². The number of carbonyl (C=O) groups excluding carboxylic acids is 1. The Morgan fingerprint density at radius 1 is 1.09 bits per heavy atom. The molecule has 0 aliphatic heterocycles. The lowest BCUT2D eigenvalue weighted by molar-refractivity contribution is -0.113. The summed E-state index contributed by atoms with van der Waals surface area (Å²) in [5.41, 5.74) is 3.29. The molecule has 0 atom stereocenters. The van der Waals surface area contributed by atoms with E-state index < -0.39 is 0 Å². The fourth-order valence-corrected chi connectivity index (χ4v) is 4.25. The van der Waals surface area contributed by atoms with E-state index >= 15 is 0 Å². The van der Waals surface area contributed by atoms with Crippen molar-refractivity contribution >= 4 is 35.0 Å². The van der Waals surface area contributed by atoms with E-state index in [0.29, 0.717) is 21.8 Å². The number of para-hydroxylation sites is 2. The van der Waals surface area contributed by atoms with Crippen LogP contribution in [0.4, 0.5) is 5.69 Å². The third-order valence-electron chi connectivity index (χ3n) is 5.01. The first-order chi connectivity index (χ1) is 15.9. The molecule has 0 radical (unpaired) electrons. The predicted molar refractivity (Wildman–Crippen MR) is 129 cm³/mol. The zero-order chi connectivity index (χ0) is 23.4. The number of anilines is 1. The molecule has 0 fully saturated rings. The number of hydrogen-bond acceptors (Lipinski definition) is 6. The summed E-state index contributed by atoms with van der Waals surface area (Å²) < 4.78 is 9.51. The average molecular weight is 483 g/mol. The van der Waals surface area contributed by atoms with Crippen molar-refractivity contribution in [3.05, 3.63) is 76.8 Å².